The highest BCUT2D eigenvalue weighted by atomic mass is 35.5. The second-order valence-electron chi connectivity index (χ2n) is 6.11. The average Bonchev–Trinajstić information content (AvgIpc) is 2.63. The molecule has 0 spiro atoms. The standard InChI is InChI=1S/C20H26ClNO3/c1-15(16-5-7-19(8-6-16)25-12-11-23)9-10-22-14-20(24)17-3-2-4-18(21)13-17/h2-8,13,15,20,22-24H,9-12,14H2,1H3. The van der Waals surface area contributed by atoms with Gasteiger partial charge in [0, 0.05) is 11.6 Å². The smallest absolute Gasteiger partial charge is 0.119 e. The van der Waals surface area contributed by atoms with Crippen LogP contribution in [0.3, 0.4) is 0 Å². The van der Waals surface area contributed by atoms with Gasteiger partial charge in [0.2, 0.25) is 0 Å². The molecule has 0 saturated heterocycles. The number of aliphatic hydroxyl groups excluding tert-OH is 2. The first kappa shape index (κ1) is 19.7. The molecule has 0 bridgehead atoms. The molecular weight excluding hydrogens is 338 g/mol. The van der Waals surface area contributed by atoms with Gasteiger partial charge in [-0.05, 0) is 54.3 Å². The molecule has 2 unspecified atom stereocenters. The van der Waals surface area contributed by atoms with Crippen LogP contribution in [0.5, 0.6) is 5.75 Å². The first-order valence-corrected chi connectivity index (χ1v) is 8.96. The Labute approximate surface area is 154 Å². The molecule has 0 aliphatic rings. The van der Waals surface area contributed by atoms with Gasteiger partial charge in [0.05, 0.1) is 12.7 Å². The van der Waals surface area contributed by atoms with Crippen molar-refractivity contribution >= 4 is 11.6 Å². The molecule has 0 aliphatic heterocycles. The minimum atomic E-state index is -0.558. The summed E-state index contributed by atoms with van der Waals surface area (Å²) in [4.78, 5) is 0. The topological polar surface area (TPSA) is 61.7 Å². The van der Waals surface area contributed by atoms with Crippen molar-refractivity contribution in [2.45, 2.75) is 25.4 Å². The van der Waals surface area contributed by atoms with Crippen LogP contribution in [0.4, 0.5) is 0 Å². The number of halogens is 1. The fourth-order valence-electron chi connectivity index (χ4n) is 2.61. The summed E-state index contributed by atoms with van der Waals surface area (Å²) in [5, 5.41) is 22.9. The largest absolute Gasteiger partial charge is 0.491 e. The van der Waals surface area contributed by atoms with E-state index in [1.165, 1.54) is 5.56 Å². The molecule has 2 atom stereocenters. The summed E-state index contributed by atoms with van der Waals surface area (Å²) in [6.07, 6.45) is 0.413. The molecule has 0 heterocycles. The zero-order valence-electron chi connectivity index (χ0n) is 14.5. The predicted molar refractivity (Wildman–Crippen MR) is 101 cm³/mol. The van der Waals surface area contributed by atoms with Crippen LogP contribution >= 0.6 is 11.6 Å². The van der Waals surface area contributed by atoms with Crippen molar-refractivity contribution in [3.63, 3.8) is 0 Å². The molecule has 0 aliphatic carbocycles. The van der Waals surface area contributed by atoms with E-state index < -0.39 is 6.10 Å². The van der Waals surface area contributed by atoms with E-state index in [-0.39, 0.29) is 6.61 Å². The molecule has 0 fully saturated rings. The molecular formula is C20H26ClNO3. The van der Waals surface area contributed by atoms with Gasteiger partial charge >= 0.3 is 0 Å². The Hall–Kier alpha value is -1.59. The van der Waals surface area contributed by atoms with Crippen LogP contribution in [-0.4, -0.2) is 36.5 Å². The Morgan fingerprint density at radius 3 is 2.56 bits per heavy atom. The highest BCUT2D eigenvalue weighted by Crippen LogP contribution is 2.22. The van der Waals surface area contributed by atoms with Gasteiger partial charge in [0.1, 0.15) is 12.4 Å². The van der Waals surface area contributed by atoms with E-state index in [2.05, 4.69) is 24.4 Å². The maximum atomic E-state index is 10.2. The van der Waals surface area contributed by atoms with Crippen LogP contribution in [0.1, 0.15) is 36.5 Å². The first-order valence-electron chi connectivity index (χ1n) is 8.58. The number of benzene rings is 2. The Kier molecular flexibility index (Phi) is 8.22. The lowest BCUT2D eigenvalue weighted by Gasteiger charge is -2.15. The first-order chi connectivity index (χ1) is 12.1. The van der Waals surface area contributed by atoms with Crippen LogP contribution in [0.25, 0.3) is 0 Å². The molecule has 0 amide bonds. The predicted octanol–water partition coefficient (Wildman–Crippen LogP) is 3.53. The van der Waals surface area contributed by atoms with Crippen molar-refractivity contribution in [3.8, 4) is 5.75 Å². The monoisotopic (exact) mass is 363 g/mol. The molecule has 2 aromatic rings. The second kappa shape index (κ2) is 10.4. The summed E-state index contributed by atoms with van der Waals surface area (Å²) >= 11 is 5.95. The Bertz CT molecular complexity index is 633. The fourth-order valence-corrected chi connectivity index (χ4v) is 2.81. The molecule has 0 saturated carbocycles. The number of ether oxygens (including phenoxy) is 1. The number of hydrogen-bond acceptors (Lipinski definition) is 4. The van der Waals surface area contributed by atoms with E-state index in [0.29, 0.717) is 24.1 Å². The molecule has 2 rings (SSSR count). The number of aliphatic hydroxyl groups is 2. The summed E-state index contributed by atoms with van der Waals surface area (Å²) in [6.45, 7) is 3.83. The van der Waals surface area contributed by atoms with Crippen LogP contribution < -0.4 is 10.1 Å². The summed E-state index contributed by atoms with van der Waals surface area (Å²) in [5.74, 6) is 1.18. The molecule has 0 radical (unpaired) electrons. The lowest BCUT2D eigenvalue weighted by Crippen LogP contribution is -2.23. The number of hydrogen-bond donors (Lipinski definition) is 3. The highest BCUT2D eigenvalue weighted by molar-refractivity contribution is 6.30. The lowest BCUT2D eigenvalue weighted by atomic mass is 9.98. The van der Waals surface area contributed by atoms with E-state index in [0.717, 1.165) is 24.3 Å². The van der Waals surface area contributed by atoms with E-state index in [1.807, 2.05) is 24.3 Å². The van der Waals surface area contributed by atoms with Crippen molar-refractivity contribution in [3.05, 3.63) is 64.7 Å². The normalized spacial score (nSPS) is 13.4. The Balaban J connectivity index is 1.72. The van der Waals surface area contributed by atoms with E-state index in [9.17, 15) is 5.11 Å². The third-order valence-electron chi connectivity index (χ3n) is 4.13. The molecule has 25 heavy (non-hydrogen) atoms. The van der Waals surface area contributed by atoms with Gasteiger partial charge in [-0.3, -0.25) is 0 Å². The summed E-state index contributed by atoms with van der Waals surface area (Å²) in [6, 6.07) is 15.3. The van der Waals surface area contributed by atoms with Gasteiger partial charge in [-0.1, -0.05) is 42.8 Å². The van der Waals surface area contributed by atoms with Crippen molar-refractivity contribution < 1.29 is 14.9 Å². The zero-order valence-corrected chi connectivity index (χ0v) is 15.2. The van der Waals surface area contributed by atoms with Gasteiger partial charge in [-0.2, -0.15) is 0 Å². The van der Waals surface area contributed by atoms with Crippen molar-refractivity contribution in [2.75, 3.05) is 26.3 Å². The lowest BCUT2D eigenvalue weighted by molar-refractivity contribution is 0.174. The number of nitrogens with one attached hydrogen (secondary N) is 1. The van der Waals surface area contributed by atoms with Crippen molar-refractivity contribution in [1.29, 1.82) is 0 Å². The number of rotatable bonds is 10. The van der Waals surface area contributed by atoms with E-state index >= 15 is 0 Å². The molecule has 4 nitrogen and oxygen atoms in total. The Morgan fingerprint density at radius 2 is 1.88 bits per heavy atom. The van der Waals surface area contributed by atoms with Crippen LogP contribution in [0, 0.1) is 0 Å². The van der Waals surface area contributed by atoms with Crippen LogP contribution in [0.15, 0.2) is 48.5 Å². The SMILES string of the molecule is CC(CCNCC(O)c1cccc(Cl)c1)c1ccc(OCCO)cc1. The maximum absolute atomic E-state index is 10.2. The van der Waals surface area contributed by atoms with Crippen molar-refractivity contribution in [1.82, 2.24) is 5.32 Å². The maximum Gasteiger partial charge on any atom is 0.119 e. The van der Waals surface area contributed by atoms with E-state index in [1.54, 1.807) is 12.1 Å². The average molecular weight is 364 g/mol. The van der Waals surface area contributed by atoms with Gasteiger partial charge in [-0.25, -0.2) is 0 Å². The molecule has 0 aromatic heterocycles. The summed E-state index contributed by atoms with van der Waals surface area (Å²) in [7, 11) is 0. The molecule has 5 heteroatoms. The highest BCUT2D eigenvalue weighted by Gasteiger charge is 2.09. The third kappa shape index (κ3) is 6.67. The fraction of sp³-hybridized carbons (Fsp3) is 0.400. The van der Waals surface area contributed by atoms with Crippen LogP contribution in [-0.2, 0) is 0 Å². The molecule has 3 N–H and O–H groups in total. The van der Waals surface area contributed by atoms with Gasteiger partial charge < -0.3 is 20.3 Å². The van der Waals surface area contributed by atoms with E-state index in [4.69, 9.17) is 21.4 Å². The summed E-state index contributed by atoms with van der Waals surface area (Å²) in [5.41, 5.74) is 2.07. The van der Waals surface area contributed by atoms with Crippen LogP contribution in [0.2, 0.25) is 5.02 Å². The van der Waals surface area contributed by atoms with Gasteiger partial charge in [-0.15, -0.1) is 0 Å². The zero-order chi connectivity index (χ0) is 18.1. The quantitative estimate of drug-likeness (QED) is 0.565. The minimum Gasteiger partial charge on any atom is -0.491 e. The Morgan fingerprint density at radius 1 is 1.12 bits per heavy atom. The van der Waals surface area contributed by atoms with Crippen molar-refractivity contribution in [2.24, 2.45) is 0 Å². The van der Waals surface area contributed by atoms with Gasteiger partial charge in [0.25, 0.3) is 0 Å². The molecule has 2 aromatic carbocycles. The minimum absolute atomic E-state index is 0.0187. The van der Waals surface area contributed by atoms with Gasteiger partial charge in [0.15, 0.2) is 0 Å². The summed E-state index contributed by atoms with van der Waals surface area (Å²) < 4.78 is 5.37. The molecule has 136 valence electrons. The second-order valence-corrected chi connectivity index (χ2v) is 6.54. The third-order valence-corrected chi connectivity index (χ3v) is 4.37.